The molecule has 0 aromatic carbocycles. The van der Waals surface area contributed by atoms with Gasteiger partial charge in [-0.3, -0.25) is 4.79 Å². The number of carbonyl (C=O) groups excluding carboxylic acids is 1. The molecule has 0 spiro atoms. The molecule has 18 heavy (non-hydrogen) atoms. The van der Waals surface area contributed by atoms with Crippen LogP contribution in [-0.4, -0.2) is 60.9 Å². The molecular weight excluding hydrogens is 232 g/mol. The van der Waals surface area contributed by atoms with Gasteiger partial charge >= 0.3 is 0 Å². The molecule has 2 heterocycles. The van der Waals surface area contributed by atoms with Crippen LogP contribution in [0.2, 0.25) is 0 Å². The zero-order chi connectivity index (χ0) is 13.0. The van der Waals surface area contributed by atoms with Crippen molar-refractivity contribution in [1.29, 1.82) is 0 Å². The SMILES string of the molecule is CCCNC1COCC1C(=O)N1CCCC1CO. The summed E-state index contributed by atoms with van der Waals surface area (Å²) in [7, 11) is 0. The van der Waals surface area contributed by atoms with Gasteiger partial charge in [-0.2, -0.15) is 0 Å². The number of aliphatic hydroxyl groups excluding tert-OH is 1. The van der Waals surface area contributed by atoms with E-state index in [2.05, 4.69) is 12.2 Å². The summed E-state index contributed by atoms with van der Waals surface area (Å²) >= 11 is 0. The van der Waals surface area contributed by atoms with Crippen molar-refractivity contribution < 1.29 is 14.6 Å². The number of hydrogen-bond acceptors (Lipinski definition) is 4. The normalized spacial score (nSPS) is 32.1. The number of aliphatic hydroxyl groups is 1. The average Bonchev–Trinajstić information content (AvgIpc) is 3.03. The Kier molecular flexibility index (Phi) is 4.97. The molecule has 2 rings (SSSR count). The lowest BCUT2D eigenvalue weighted by Gasteiger charge is -2.28. The molecule has 0 saturated carbocycles. The molecule has 1 amide bonds. The van der Waals surface area contributed by atoms with Crippen molar-refractivity contribution in [3.05, 3.63) is 0 Å². The Morgan fingerprint density at radius 2 is 2.33 bits per heavy atom. The first kappa shape index (κ1) is 13.8. The van der Waals surface area contributed by atoms with Gasteiger partial charge < -0.3 is 20.1 Å². The Bertz CT molecular complexity index is 285. The lowest BCUT2D eigenvalue weighted by Crippen LogP contribution is -2.48. The van der Waals surface area contributed by atoms with Gasteiger partial charge in [0.25, 0.3) is 0 Å². The van der Waals surface area contributed by atoms with E-state index >= 15 is 0 Å². The van der Waals surface area contributed by atoms with Gasteiger partial charge in [0.1, 0.15) is 0 Å². The second kappa shape index (κ2) is 6.50. The maximum Gasteiger partial charge on any atom is 0.230 e. The van der Waals surface area contributed by atoms with Gasteiger partial charge in [0, 0.05) is 12.6 Å². The molecule has 2 saturated heterocycles. The van der Waals surface area contributed by atoms with Gasteiger partial charge in [0.15, 0.2) is 0 Å². The third-order valence-corrected chi connectivity index (χ3v) is 3.93. The third kappa shape index (κ3) is 2.84. The van der Waals surface area contributed by atoms with Crippen LogP contribution in [0.1, 0.15) is 26.2 Å². The summed E-state index contributed by atoms with van der Waals surface area (Å²) in [4.78, 5) is 14.3. The van der Waals surface area contributed by atoms with Gasteiger partial charge in [-0.25, -0.2) is 0 Å². The van der Waals surface area contributed by atoms with Crippen molar-refractivity contribution in [2.75, 3.05) is 32.9 Å². The number of carbonyl (C=O) groups is 1. The van der Waals surface area contributed by atoms with Crippen molar-refractivity contribution in [1.82, 2.24) is 10.2 Å². The van der Waals surface area contributed by atoms with Crippen molar-refractivity contribution >= 4 is 5.91 Å². The molecule has 104 valence electrons. The first-order valence-electron chi connectivity index (χ1n) is 7.00. The molecule has 2 fully saturated rings. The Morgan fingerprint density at radius 1 is 1.50 bits per heavy atom. The van der Waals surface area contributed by atoms with Crippen LogP contribution < -0.4 is 5.32 Å². The van der Waals surface area contributed by atoms with Crippen LogP contribution in [0.15, 0.2) is 0 Å². The van der Waals surface area contributed by atoms with E-state index in [4.69, 9.17) is 4.74 Å². The highest BCUT2D eigenvalue weighted by Gasteiger charge is 2.39. The Balaban J connectivity index is 1.94. The molecule has 0 aromatic rings. The van der Waals surface area contributed by atoms with E-state index in [9.17, 15) is 9.90 Å². The Labute approximate surface area is 108 Å². The summed E-state index contributed by atoms with van der Waals surface area (Å²) < 4.78 is 5.44. The number of nitrogens with one attached hydrogen (secondary N) is 1. The Morgan fingerprint density at radius 3 is 3.06 bits per heavy atom. The van der Waals surface area contributed by atoms with E-state index in [1.165, 1.54) is 0 Å². The number of hydrogen-bond donors (Lipinski definition) is 2. The van der Waals surface area contributed by atoms with Crippen LogP contribution in [0.25, 0.3) is 0 Å². The third-order valence-electron chi connectivity index (χ3n) is 3.93. The molecule has 2 aliphatic rings. The van der Waals surface area contributed by atoms with Crippen molar-refractivity contribution in [2.45, 2.75) is 38.3 Å². The Hall–Kier alpha value is -0.650. The summed E-state index contributed by atoms with van der Waals surface area (Å²) in [6.07, 6.45) is 2.97. The highest BCUT2D eigenvalue weighted by Crippen LogP contribution is 2.23. The largest absolute Gasteiger partial charge is 0.394 e. The molecule has 0 aliphatic carbocycles. The predicted octanol–water partition coefficient (Wildman–Crippen LogP) is -0.0157. The van der Waals surface area contributed by atoms with Gasteiger partial charge in [-0.05, 0) is 25.8 Å². The standard InChI is InChI=1S/C13H24N2O3/c1-2-5-14-12-9-18-8-11(12)13(17)15-6-3-4-10(15)7-16/h10-12,14,16H,2-9H2,1H3. The molecule has 0 bridgehead atoms. The zero-order valence-corrected chi connectivity index (χ0v) is 11.1. The number of nitrogens with zero attached hydrogens (tertiary/aromatic N) is 1. The maximum absolute atomic E-state index is 12.5. The fraction of sp³-hybridized carbons (Fsp3) is 0.923. The van der Waals surface area contributed by atoms with E-state index in [0.717, 1.165) is 32.4 Å². The topological polar surface area (TPSA) is 61.8 Å². The average molecular weight is 256 g/mol. The smallest absolute Gasteiger partial charge is 0.230 e. The molecule has 5 heteroatoms. The summed E-state index contributed by atoms with van der Waals surface area (Å²) in [5.41, 5.74) is 0. The minimum Gasteiger partial charge on any atom is -0.394 e. The van der Waals surface area contributed by atoms with E-state index in [-0.39, 0.29) is 30.5 Å². The van der Waals surface area contributed by atoms with Crippen molar-refractivity contribution in [3.63, 3.8) is 0 Å². The van der Waals surface area contributed by atoms with Crippen LogP contribution in [0.4, 0.5) is 0 Å². The number of ether oxygens (including phenoxy) is 1. The van der Waals surface area contributed by atoms with Crippen molar-refractivity contribution in [2.24, 2.45) is 5.92 Å². The predicted molar refractivity (Wildman–Crippen MR) is 68.2 cm³/mol. The van der Waals surface area contributed by atoms with Crippen LogP contribution in [-0.2, 0) is 9.53 Å². The molecular formula is C13H24N2O3. The lowest BCUT2D eigenvalue weighted by atomic mass is 10.0. The minimum absolute atomic E-state index is 0.0184. The second-order valence-corrected chi connectivity index (χ2v) is 5.21. The van der Waals surface area contributed by atoms with Crippen LogP contribution in [0.5, 0.6) is 0 Å². The van der Waals surface area contributed by atoms with Gasteiger partial charge in [-0.15, -0.1) is 0 Å². The van der Waals surface area contributed by atoms with Gasteiger partial charge in [0.2, 0.25) is 5.91 Å². The lowest BCUT2D eigenvalue weighted by molar-refractivity contribution is -0.137. The van der Waals surface area contributed by atoms with Gasteiger partial charge in [-0.1, -0.05) is 6.92 Å². The monoisotopic (exact) mass is 256 g/mol. The summed E-state index contributed by atoms with van der Waals surface area (Å²) in [5.74, 6) is 0.0707. The first-order valence-corrected chi connectivity index (χ1v) is 7.00. The zero-order valence-electron chi connectivity index (χ0n) is 11.1. The fourth-order valence-electron chi connectivity index (χ4n) is 2.86. The first-order chi connectivity index (χ1) is 8.77. The number of rotatable bonds is 5. The van der Waals surface area contributed by atoms with Crippen LogP contribution in [0.3, 0.4) is 0 Å². The molecule has 2 aliphatic heterocycles. The minimum atomic E-state index is -0.0799. The van der Waals surface area contributed by atoms with E-state index < -0.39 is 0 Å². The number of amides is 1. The van der Waals surface area contributed by atoms with E-state index in [1.54, 1.807) is 0 Å². The fourth-order valence-corrected chi connectivity index (χ4v) is 2.86. The molecule has 0 aromatic heterocycles. The van der Waals surface area contributed by atoms with Crippen molar-refractivity contribution in [3.8, 4) is 0 Å². The van der Waals surface area contributed by atoms with Crippen LogP contribution in [0, 0.1) is 5.92 Å². The summed E-state index contributed by atoms with van der Waals surface area (Å²) in [5, 5.41) is 12.7. The van der Waals surface area contributed by atoms with E-state index in [0.29, 0.717) is 13.2 Å². The molecule has 0 radical (unpaired) electrons. The molecule has 5 nitrogen and oxygen atoms in total. The quantitative estimate of drug-likeness (QED) is 0.726. The summed E-state index contributed by atoms with van der Waals surface area (Å²) in [6, 6.07) is 0.155. The number of likely N-dealkylation sites (tertiary alicyclic amines) is 1. The highest BCUT2D eigenvalue weighted by molar-refractivity contribution is 5.80. The van der Waals surface area contributed by atoms with Gasteiger partial charge in [0.05, 0.1) is 31.8 Å². The van der Waals surface area contributed by atoms with E-state index in [1.807, 2.05) is 4.90 Å². The molecule has 2 N–H and O–H groups in total. The summed E-state index contributed by atoms with van der Waals surface area (Å²) in [6.45, 7) is 5.01. The second-order valence-electron chi connectivity index (χ2n) is 5.21. The molecule has 3 atom stereocenters. The molecule has 3 unspecified atom stereocenters. The maximum atomic E-state index is 12.5. The van der Waals surface area contributed by atoms with Crippen LogP contribution >= 0.6 is 0 Å². The highest BCUT2D eigenvalue weighted by atomic mass is 16.5.